The molecule has 3 aromatic heterocycles. The van der Waals surface area contributed by atoms with Gasteiger partial charge in [-0.1, -0.05) is 12.1 Å². The number of benzene rings is 1. The van der Waals surface area contributed by atoms with E-state index in [0.29, 0.717) is 21.7 Å². The summed E-state index contributed by atoms with van der Waals surface area (Å²) in [6, 6.07) is 9.55. The molecule has 24 heavy (non-hydrogen) atoms. The van der Waals surface area contributed by atoms with Crippen LogP contribution in [0.15, 0.2) is 51.9 Å². The maximum absolute atomic E-state index is 13.1. The van der Waals surface area contributed by atoms with E-state index < -0.39 is 0 Å². The molecule has 0 amide bonds. The molecule has 0 aliphatic heterocycles. The van der Waals surface area contributed by atoms with E-state index >= 15 is 0 Å². The van der Waals surface area contributed by atoms with Crippen LogP contribution in [-0.4, -0.2) is 14.8 Å². The van der Waals surface area contributed by atoms with Crippen LogP contribution in [0.3, 0.4) is 0 Å². The smallest absolute Gasteiger partial charge is 0.294 e. The van der Waals surface area contributed by atoms with Crippen molar-refractivity contribution in [2.75, 3.05) is 0 Å². The van der Waals surface area contributed by atoms with Gasteiger partial charge in [0.1, 0.15) is 11.5 Å². The second-order valence-corrected chi connectivity index (χ2v) is 6.53. The fourth-order valence-electron chi connectivity index (χ4n) is 2.51. The predicted octanol–water partition coefficient (Wildman–Crippen LogP) is 3.61. The van der Waals surface area contributed by atoms with Gasteiger partial charge in [0.05, 0.1) is 22.5 Å². The third kappa shape index (κ3) is 2.52. The van der Waals surface area contributed by atoms with Crippen molar-refractivity contribution in [2.45, 2.75) is 13.5 Å². The highest BCUT2D eigenvalue weighted by molar-refractivity contribution is 7.19. The molecule has 0 saturated carbocycles. The number of hydrogen-bond donors (Lipinski definition) is 0. The molecule has 0 aliphatic carbocycles. The van der Waals surface area contributed by atoms with Crippen LogP contribution >= 0.6 is 11.3 Å². The monoisotopic (exact) mass is 341 g/mol. The first-order chi connectivity index (χ1) is 11.6. The number of halogens is 1. The molecule has 4 aromatic rings. The number of aryl methyl sites for hydroxylation is 1. The van der Waals surface area contributed by atoms with Gasteiger partial charge in [-0.25, -0.2) is 14.1 Å². The molecule has 5 nitrogen and oxygen atoms in total. The van der Waals surface area contributed by atoms with Gasteiger partial charge in [0.25, 0.3) is 5.56 Å². The minimum Gasteiger partial charge on any atom is -0.463 e. The number of rotatable bonds is 3. The molecule has 0 spiro atoms. The molecule has 3 heterocycles. The average Bonchev–Trinajstić information content (AvgIpc) is 3.22. The lowest BCUT2D eigenvalue weighted by Crippen LogP contribution is -2.24. The number of hydrogen-bond acceptors (Lipinski definition) is 5. The number of fused-ring (bicyclic) bond motifs is 1. The Morgan fingerprint density at radius 3 is 2.75 bits per heavy atom. The van der Waals surface area contributed by atoms with Gasteiger partial charge in [0, 0.05) is 0 Å². The first kappa shape index (κ1) is 14.8. The van der Waals surface area contributed by atoms with Crippen molar-refractivity contribution >= 4 is 21.6 Å². The molecule has 1 aromatic carbocycles. The first-order valence-corrected chi connectivity index (χ1v) is 8.10. The van der Waals surface area contributed by atoms with E-state index in [1.54, 1.807) is 30.5 Å². The number of aromatic nitrogens is 3. The third-order valence-electron chi connectivity index (χ3n) is 3.61. The van der Waals surface area contributed by atoms with Gasteiger partial charge >= 0.3 is 0 Å². The van der Waals surface area contributed by atoms with E-state index in [0.717, 1.165) is 10.6 Å². The number of furan rings is 1. The van der Waals surface area contributed by atoms with Crippen molar-refractivity contribution in [1.29, 1.82) is 0 Å². The zero-order chi connectivity index (χ0) is 16.7. The molecule has 4 rings (SSSR count). The van der Waals surface area contributed by atoms with Gasteiger partial charge in [-0.2, -0.15) is 5.10 Å². The topological polar surface area (TPSA) is 60.9 Å². The maximum atomic E-state index is 13.1. The lowest BCUT2D eigenvalue weighted by atomic mass is 10.2. The maximum Gasteiger partial charge on any atom is 0.294 e. The van der Waals surface area contributed by atoms with E-state index in [1.807, 2.05) is 6.92 Å². The number of thiazole rings is 1. The molecule has 0 atom stereocenters. The second kappa shape index (κ2) is 5.68. The normalized spacial score (nSPS) is 11.2. The van der Waals surface area contributed by atoms with E-state index in [9.17, 15) is 9.18 Å². The molecular formula is C17H12FN3O2S. The molecule has 0 bridgehead atoms. The third-order valence-corrected chi connectivity index (χ3v) is 4.58. The molecule has 0 saturated heterocycles. The zero-order valence-corrected chi connectivity index (χ0v) is 13.5. The fourth-order valence-corrected chi connectivity index (χ4v) is 3.41. The molecule has 0 N–H and O–H groups in total. The Labute approximate surface area is 140 Å². The summed E-state index contributed by atoms with van der Waals surface area (Å²) in [4.78, 5) is 17.0. The Kier molecular flexibility index (Phi) is 3.50. The van der Waals surface area contributed by atoms with Crippen LogP contribution in [0.1, 0.15) is 10.6 Å². The molecule has 0 fully saturated rings. The molecule has 7 heteroatoms. The fraction of sp³-hybridized carbons (Fsp3) is 0.118. The molecule has 0 unspecified atom stereocenters. The SMILES string of the molecule is Cc1nc2c(=O)n(Cc3ccc(F)cc3)nc(-c3ccco3)c2s1. The van der Waals surface area contributed by atoms with Gasteiger partial charge in [0.15, 0.2) is 11.3 Å². The Morgan fingerprint density at radius 1 is 1.25 bits per heavy atom. The van der Waals surface area contributed by atoms with E-state index in [4.69, 9.17) is 4.42 Å². The van der Waals surface area contributed by atoms with Gasteiger partial charge in [-0.15, -0.1) is 11.3 Å². The summed E-state index contributed by atoms with van der Waals surface area (Å²) in [5.41, 5.74) is 1.47. The zero-order valence-electron chi connectivity index (χ0n) is 12.7. The minimum absolute atomic E-state index is 0.235. The molecular weight excluding hydrogens is 329 g/mol. The largest absolute Gasteiger partial charge is 0.463 e. The van der Waals surface area contributed by atoms with Crippen LogP contribution in [0, 0.1) is 12.7 Å². The van der Waals surface area contributed by atoms with Crippen LogP contribution < -0.4 is 5.56 Å². The summed E-state index contributed by atoms with van der Waals surface area (Å²) in [5, 5.41) is 5.25. The van der Waals surface area contributed by atoms with Gasteiger partial charge in [-0.3, -0.25) is 4.79 Å². The first-order valence-electron chi connectivity index (χ1n) is 7.28. The van der Waals surface area contributed by atoms with E-state index in [2.05, 4.69) is 10.1 Å². The molecule has 0 aliphatic rings. The molecule has 0 radical (unpaired) electrons. The van der Waals surface area contributed by atoms with Crippen molar-refractivity contribution in [3.8, 4) is 11.5 Å². The van der Waals surface area contributed by atoms with E-state index in [-0.39, 0.29) is 17.9 Å². The van der Waals surface area contributed by atoms with Crippen molar-refractivity contribution in [2.24, 2.45) is 0 Å². The van der Waals surface area contributed by atoms with Gasteiger partial charge in [0.2, 0.25) is 0 Å². The summed E-state index contributed by atoms with van der Waals surface area (Å²) >= 11 is 1.41. The van der Waals surface area contributed by atoms with E-state index in [1.165, 1.54) is 28.2 Å². The van der Waals surface area contributed by atoms with Crippen LogP contribution in [0.25, 0.3) is 21.7 Å². The highest BCUT2D eigenvalue weighted by Gasteiger charge is 2.18. The number of nitrogens with zero attached hydrogens (tertiary/aromatic N) is 3. The Balaban J connectivity index is 1.91. The lowest BCUT2D eigenvalue weighted by Gasteiger charge is -2.07. The Hall–Kier alpha value is -2.80. The van der Waals surface area contributed by atoms with Crippen molar-refractivity contribution in [1.82, 2.24) is 14.8 Å². The second-order valence-electron chi connectivity index (χ2n) is 5.33. The van der Waals surface area contributed by atoms with Crippen LogP contribution in [-0.2, 0) is 6.54 Å². The van der Waals surface area contributed by atoms with Crippen LogP contribution in [0.4, 0.5) is 4.39 Å². The van der Waals surface area contributed by atoms with Gasteiger partial charge < -0.3 is 4.42 Å². The van der Waals surface area contributed by atoms with Crippen LogP contribution in [0.5, 0.6) is 0 Å². The van der Waals surface area contributed by atoms with Crippen LogP contribution in [0.2, 0.25) is 0 Å². The molecule has 120 valence electrons. The van der Waals surface area contributed by atoms with Crippen molar-refractivity contribution < 1.29 is 8.81 Å². The van der Waals surface area contributed by atoms with Crippen molar-refractivity contribution in [3.63, 3.8) is 0 Å². The highest BCUT2D eigenvalue weighted by atomic mass is 32.1. The predicted molar refractivity (Wildman–Crippen MR) is 89.6 cm³/mol. The summed E-state index contributed by atoms with van der Waals surface area (Å²) in [5.74, 6) is 0.261. The van der Waals surface area contributed by atoms with Gasteiger partial charge in [-0.05, 0) is 36.8 Å². The Morgan fingerprint density at radius 2 is 2.04 bits per heavy atom. The standard InChI is InChI=1S/C17H12FN3O2S/c1-10-19-15-16(24-10)14(13-3-2-8-23-13)20-21(17(15)22)9-11-4-6-12(18)7-5-11/h2-8H,9H2,1H3. The summed E-state index contributed by atoms with van der Waals surface area (Å²) < 4.78 is 20.6. The van der Waals surface area contributed by atoms with Crippen molar-refractivity contribution in [3.05, 3.63) is 69.4 Å². The highest BCUT2D eigenvalue weighted by Crippen LogP contribution is 2.29. The Bertz CT molecular complexity index is 1070. The average molecular weight is 341 g/mol. The quantitative estimate of drug-likeness (QED) is 0.571. The summed E-state index contributed by atoms with van der Waals surface area (Å²) in [6.07, 6.45) is 1.56. The summed E-state index contributed by atoms with van der Waals surface area (Å²) in [6.45, 7) is 2.08. The minimum atomic E-state index is -0.319. The summed E-state index contributed by atoms with van der Waals surface area (Å²) in [7, 11) is 0. The lowest BCUT2D eigenvalue weighted by molar-refractivity contribution is 0.571.